The number of amides is 2. The Bertz CT molecular complexity index is 651. The first-order chi connectivity index (χ1) is 11.6. The van der Waals surface area contributed by atoms with E-state index in [0.29, 0.717) is 25.9 Å². The predicted octanol–water partition coefficient (Wildman–Crippen LogP) is 2.74. The molecule has 1 atom stereocenters. The molecule has 24 heavy (non-hydrogen) atoms. The average Bonchev–Trinajstić information content (AvgIpc) is 2.61. The summed E-state index contributed by atoms with van der Waals surface area (Å²) < 4.78 is 13.6. The van der Waals surface area contributed by atoms with Crippen molar-refractivity contribution in [1.29, 1.82) is 0 Å². The lowest BCUT2D eigenvalue weighted by atomic mass is 9.86. The Balaban J connectivity index is 1.62. The van der Waals surface area contributed by atoms with Crippen LogP contribution >= 0.6 is 0 Å². The second kappa shape index (κ2) is 7.16. The van der Waals surface area contributed by atoms with Gasteiger partial charge < -0.3 is 10.2 Å². The van der Waals surface area contributed by atoms with Gasteiger partial charge in [-0.05, 0) is 61.4 Å². The van der Waals surface area contributed by atoms with Gasteiger partial charge in [0.1, 0.15) is 5.82 Å². The van der Waals surface area contributed by atoms with Crippen molar-refractivity contribution in [3.05, 3.63) is 47.8 Å². The number of benzene rings is 1. The maximum atomic E-state index is 13.6. The molecular weight excluding hydrogens is 307 g/mol. The summed E-state index contributed by atoms with van der Waals surface area (Å²) in [4.78, 5) is 25.9. The van der Waals surface area contributed by atoms with Gasteiger partial charge in [-0.2, -0.15) is 0 Å². The largest absolute Gasteiger partial charge is 0.349 e. The lowest BCUT2D eigenvalue weighted by molar-refractivity contribution is -0.132. The zero-order chi connectivity index (χ0) is 17.1. The van der Waals surface area contributed by atoms with E-state index in [4.69, 9.17) is 0 Å². The molecule has 0 bridgehead atoms. The van der Waals surface area contributed by atoms with E-state index in [1.54, 1.807) is 11.0 Å². The molecule has 2 amide bonds. The van der Waals surface area contributed by atoms with Gasteiger partial charge in [0.15, 0.2) is 0 Å². The van der Waals surface area contributed by atoms with E-state index in [9.17, 15) is 14.0 Å². The number of fused-ring (bicyclic) bond motifs is 1. The molecule has 0 unspecified atom stereocenters. The summed E-state index contributed by atoms with van der Waals surface area (Å²) in [5.41, 5.74) is 2.04. The van der Waals surface area contributed by atoms with E-state index in [1.165, 1.54) is 12.1 Å². The van der Waals surface area contributed by atoms with E-state index >= 15 is 0 Å². The third kappa shape index (κ3) is 3.50. The summed E-state index contributed by atoms with van der Waals surface area (Å²) in [6.45, 7) is 4.66. The van der Waals surface area contributed by atoms with E-state index in [0.717, 1.165) is 30.4 Å². The van der Waals surface area contributed by atoms with Gasteiger partial charge in [0.2, 0.25) is 11.8 Å². The molecule has 1 aromatic rings. The van der Waals surface area contributed by atoms with Crippen molar-refractivity contribution in [2.45, 2.75) is 38.1 Å². The minimum absolute atomic E-state index is 0.0165. The summed E-state index contributed by atoms with van der Waals surface area (Å²) >= 11 is 0. The number of rotatable bonds is 3. The molecule has 0 saturated carbocycles. The number of carbonyl (C=O) groups is 2. The van der Waals surface area contributed by atoms with Crippen molar-refractivity contribution in [2.75, 3.05) is 13.1 Å². The SMILES string of the molecule is C=CC(=O)N1CCC(C(=O)N[C@H]2CCCc3ccc(F)cc32)CC1. The summed E-state index contributed by atoms with van der Waals surface area (Å²) in [5.74, 6) is -0.405. The van der Waals surface area contributed by atoms with Crippen LogP contribution in [0, 0.1) is 11.7 Å². The van der Waals surface area contributed by atoms with E-state index in [2.05, 4.69) is 11.9 Å². The number of aryl methyl sites for hydroxylation is 1. The molecule has 0 radical (unpaired) electrons. The monoisotopic (exact) mass is 330 g/mol. The summed E-state index contributed by atoms with van der Waals surface area (Å²) in [6.07, 6.45) is 5.41. The predicted molar refractivity (Wildman–Crippen MR) is 89.7 cm³/mol. The van der Waals surface area contributed by atoms with Crippen LogP contribution in [-0.2, 0) is 16.0 Å². The Labute approximate surface area is 141 Å². The highest BCUT2D eigenvalue weighted by molar-refractivity contribution is 5.87. The maximum Gasteiger partial charge on any atom is 0.245 e. The highest BCUT2D eigenvalue weighted by Crippen LogP contribution is 2.31. The minimum Gasteiger partial charge on any atom is -0.349 e. The summed E-state index contributed by atoms with van der Waals surface area (Å²) in [6, 6.07) is 4.74. The Hall–Kier alpha value is -2.17. The highest BCUT2D eigenvalue weighted by atomic mass is 19.1. The fourth-order valence-electron chi connectivity index (χ4n) is 3.70. The fourth-order valence-corrected chi connectivity index (χ4v) is 3.70. The molecule has 1 aliphatic heterocycles. The van der Waals surface area contributed by atoms with Gasteiger partial charge in [0, 0.05) is 19.0 Å². The number of nitrogens with one attached hydrogen (secondary N) is 1. The number of hydrogen-bond donors (Lipinski definition) is 1. The minimum atomic E-state index is -0.258. The van der Waals surface area contributed by atoms with Gasteiger partial charge in [-0.3, -0.25) is 9.59 Å². The van der Waals surface area contributed by atoms with Gasteiger partial charge in [-0.25, -0.2) is 4.39 Å². The van der Waals surface area contributed by atoms with Crippen LogP contribution < -0.4 is 5.32 Å². The van der Waals surface area contributed by atoms with Crippen LogP contribution in [0.1, 0.15) is 42.9 Å². The smallest absolute Gasteiger partial charge is 0.245 e. The molecule has 1 N–H and O–H groups in total. The topological polar surface area (TPSA) is 49.4 Å². The van der Waals surface area contributed by atoms with Crippen LogP contribution in [0.2, 0.25) is 0 Å². The Morgan fingerprint density at radius 2 is 2.00 bits per heavy atom. The van der Waals surface area contributed by atoms with Crippen LogP contribution in [0.15, 0.2) is 30.9 Å². The van der Waals surface area contributed by atoms with Crippen molar-refractivity contribution in [3.63, 3.8) is 0 Å². The Morgan fingerprint density at radius 1 is 1.25 bits per heavy atom. The molecule has 1 heterocycles. The van der Waals surface area contributed by atoms with Gasteiger partial charge in [0.05, 0.1) is 6.04 Å². The fraction of sp³-hybridized carbons (Fsp3) is 0.474. The third-order valence-electron chi connectivity index (χ3n) is 5.09. The van der Waals surface area contributed by atoms with E-state index in [-0.39, 0.29) is 29.6 Å². The lowest BCUT2D eigenvalue weighted by Gasteiger charge is -2.33. The Kier molecular flexibility index (Phi) is 4.97. The van der Waals surface area contributed by atoms with Gasteiger partial charge in [-0.15, -0.1) is 0 Å². The normalized spacial score (nSPS) is 21.0. The van der Waals surface area contributed by atoms with Crippen molar-refractivity contribution in [2.24, 2.45) is 5.92 Å². The summed E-state index contributed by atoms with van der Waals surface area (Å²) in [5, 5.41) is 3.10. The number of halogens is 1. The molecular formula is C19H23FN2O2. The van der Waals surface area contributed by atoms with Crippen LogP contribution in [0.4, 0.5) is 4.39 Å². The van der Waals surface area contributed by atoms with Gasteiger partial charge >= 0.3 is 0 Å². The second-order valence-electron chi connectivity index (χ2n) is 6.60. The molecule has 4 nitrogen and oxygen atoms in total. The number of hydrogen-bond acceptors (Lipinski definition) is 2. The molecule has 1 saturated heterocycles. The molecule has 128 valence electrons. The molecule has 0 aromatic heterocycles. The molecule has 5 heteroatoms. The quantitative estimate of drug-likeness (QED) is 0.867. The molecule has 1 fully saturated rings. The van der Waals surface area contributed by atoms with Gasteiger partial charge in [0.25, 0.3) is 0 Å². The first-order valence-corrected chi connectivity index (χ1v) is 8.58. The number of nitrogens with zero attached hydrogens (tertiary/aromatic N) is 1. The van der Waals surface area contributed by atoms with Crippen molar-refractivity contribution in [3.8, 4) is 0 Å². The van der Waals surface area contributed by atoms with Crippen molar-refractivity contribution >= 4 is 11.8 Å². The lowest BCUT2D eigenvalue weighted by Crippen LogP contribution is -2.43. The Morgan fingerprint density at radius 3 is 2.71 bits per heavy atom. The van der Waals surface area contributed by atoms with Crippen LogP contribution in [-0.4, -0.2) is 29.8 Å². The van der Waals surface area contributed by atoms with Crippen LogP contribution in [0.5, 0.6) is 0 Å². The molecule has 1 aliphatic carbocycles. The third-order valence-corrected chi connectivity index (χ3v) is 5.09. The van der Waals surface area contributed by atoms with Gasteiger partial charge in [-0.1, -0.05) is 12.6 Å². The van der Waals surface area contributed by atoms with Crippen molar-refractivity contribution < 1.29 is 14.0 Å². The number of piperidine rings is 1. The molecule has 2 aliphatic rings. The second-order valence-corrected chi connectivity index (χ2v) is 6.60. The standard InChI is InChI=1S/C19H23FN2O2/c1-2-18(23)22-10-8-14(9-11-22)19(24)21-17-5-3-4-13-6-7-15(20)12-16(13)17/h2,6-7,12,14,17H,1,3-5,8-11H2,(H,21,24)/t17-/m0/s1. The first kappa shape index (κ1) is 16.7. The molecule has 1 aromatic carbocycles. The zero-order valence-corrected chi connectivity index (χ0v) is 13.8. The highest BCUT2D eigenvalue weighted by Gasteiger charge is 2.29. The average molecular weight is 330 g/mol. The summed E-state index contributed by atoms with van der Waals surface area (Å²) in [7, 11) is 0. The van der Waals surface area contributed by atoms with Crippen molar-refractivity contribution in [1.82, 2.24) is 10.2 Å². The number of carbonyl (C=O) groups excluding carboxylic acids is 2. The zero-order valence-electron chi connectivity index (χ0n) is 13.8. The van der Waals surface area contributed by atoms with E-state index in [1.807, 2.05) is 6.07 Å². The molecule has 3 rings (SSSR count). The van der Waals surface area contributed by atoms with Crippen LogP contribution in [0.25, 0.3) is 0 Å². The maximum absolute atomic E-state index is 13.6. The van der Waals surface area contributed by atoms with Crippen LogP contribution in [0.3, 0.4) is 0 Å². The number of likely N-dealkylation sites (tertiary alicyclic amines) is 1. The first-order valence-electron chi connectivity index (χ1n) is 8.58. The molecule has 0 spiro atoms. The van der Waals surface area contributed by atoms with E-state index < -0.39 is 0 Å².